The number of allylic oxidation sites excluding steroid dienone is 3. The van der Waals surface area contributed by atoms with Crippen molar-refractivity contribution in [2.45, 2.75) is 20.8 Å². The van der Waals surface area contributed by atoms with E-state index in [2.05, 4.69) is 20.8 Å². The molecule has 2 heteroatoms. The molecule has 0 aliphatic rings. The Kier molecular flexibility index (Phi) is 5.47. The summed E-state index contributed by atoms with van der Waals surface area (Å²) in [5.41, 5.74) is 0. The SMILES string of the molecule is CC(C)[C@H](C)/C=C\C=C(\O)CO. The maximum Gasteiger partial charge on any atom is 0.118 e. The quantitative estimate of drug-likeness (QED) is 0.502. The molecule has 1 atom stereocenters. The summed E-state index contributed by atoms with van der Waals surface area (Å²) in [6, 6.07) is 0. The van der Waals surface area contributed by atoms with E-state index in [4.69, 9.17) is 10.2 Å². The molecule has 0 unspecified atom stereocenters. The van der Waals surface area contributed by atoms with E-state index in [0.29, 0.717) is 11.8 Å². The third-order valence-electron chi connectivity index (χ3n) is 1.92. The summed E-state index contributed by atoms with van der Waals surface area (Å²) < 4.78 is 0. The van der Waals surface area contributed by atoms with Crippen LogP contribution in [0.5, 0.6) is 0 Å². The molecule has 12 heavy (non-hydrogen) atoms. The molecule has 2 nitrogen and oxygen atoms in total. The second-order valence-corrected chi connectivity index (χ2v) is 3.30. The van der Waals surface area contributed by atoms with Crippen molar-refractivity contribution < 1.29 is 10.2 Å². The van der Waals surface area contributed by atoms with Crippen molar-refractivity contribution in [1.29, 1.82) is 0 Å². The molecule has 2 N–H and O–H groups in total. The van der Waals surface area contributed by atoms with Crippen molar-refractivity contribution in [3.63, 3.8) is 0 Å². The topological polar surface area (TPSA) is 40.5 Å². The van der Waals surface area contributed by atoms with Crippen molar-refractivity contribution in [1.82, 2.24) is 0 Å². The van der Waals surface area contributed by atoms with Crippen molar-refractivity contribution in [2.24, 2.45) is 11.8 Å². The van der Waals surface area contributed by atoms with Crippen LogP contribution in [0.15, 0.2) is 24.0 Å². The van der Waals surface area contributed by atoms with Crippen molar-refractivity contribution in [2.75, 3.05) is 6.61 Å². The Labute approximate surface area is 74.2 Å². The highest BCUT2D eigenvalue weighted by atomic mass is 16.3. The highest BCUT2D eigenvalue weighted by molar-refractivity contribution is 5.07. The average Bonchev–Trinajstić information content (AvgIpc) is 2.03. The van der Waals surface area contributed by atoms with Crippen LogP contribution in [0.1, 0.15) is 20.8 Å². The highest BCUT2D eigenvalue weighted by Crippen LogP contribution is 2.10. The van der Waals surface area contributed by atoms with E-state index in [0.717, 1.165) is 0 Å². The number of aliphatic hydroxyl groups excluding tert-OH is 2. The van der Waals surface area contributed by atoms with Crippen LogP contribution in [0.25, 0.3) is 0 Å². The minimum atomic E-state index is -0.291. The molecule has 0 spiro atoms. The van der Waals surface area contributed by atoms with Crippen molar-refractivity contribution in [3.05, 3.63) is 24.0 Å². The van der Waals surface area contributed by atoms with Gasteiger partial charge in [-0.2, -0.15) is 0 Å². The molecule has 0 bridgehead atoms. The van der Waals surface area contributed by atoms with Gasteiger partial charge in [0.15, 0.2) is 0 Å². The number of aliphatic hydroxyl groups is 2. The molecule has 0 fully saturated rings. The van der Waals surface area contributed by atoms with E-state index in [1.54, 1.807) is 6.08 Å². The predicted octanol–water partition coefficient (Wildman–Crippen LogP) is 2.27. The summed E-state index contributed by atoms with van der Waals surface area (Å²) in [6.45, 7) is 6.11. The number of hydrogen-bond donors (Lipinski definition) is 2. The van der Waals surface area contributed by atoms with E-state index in [-0.39, 0.29) is 12.4 Å². The summed E-state index contributed by atoms with van der Waals surface area (Å²) >= 11 is 0. The lowest BCUT2D eigenvalue weighted by atomic mass is 9.98. The van der Waals surface area contributed by atoms with Gasteiger partial charge in [-0.15, -0.1) is 0 Å². The Balaban J connectivity index is 3.91. The second kappa shape index (κ2) is 5.84. The van der Waals surface area contributed by atoms with Crippen LogP contribution in [0.2, 0.25) is 0 Å². The minimum absolute atomic E-state index is 0.00204. The summed E-state index contributed by atoms with van der Waals surface area (Å²) in [5, 5.41) is 17.3. The maximum absolute atomic E-state index is 8.87. The van der Waals surface area contributed by atoms with E-state index in [1.807, 2.05) is 6.08 Å². The summed E-state index contributed by atoms with van der Waals surface area (Å²) in [7, 11) is 0. The smallest absolute Gasteiger partial charge is 0.118 e. The third-order valence-corrected chi connectivity index (χ3v) is 1.92. The Bertz CT molecular complexity index is 169. The van der Waals surface area contributed by atoms with Crippen molar-refractivity contribution >= 4 is 0 Å². The van der Waals surface area contributed by atoms with Gasteiger partial charge in [0, 0.05) is 0 Å². The molecular weight excluding hydrogens is 152 g/mol. The van der Waals surface area contributed by atoms with Gasteiger partial charge in [0.05, 0.1) is 0 Å². The number of hydrogen-bond acceptors (Lipinski definition) is 2. The van der Waals surface area contributed by atoms with E-state index >= 15 is 0 Å². The first-order valence-electron chi connectivity index (χ1n) is 4.25. The zero-order chi connectivity index (χ0) is 9.56. The largest absolute Gasteiger partial charge is 0.510 e. The van der Waals surface area contributed by atoms with Gasteiger partial charge >= 0.3 is 0 Å². The summed E-state index contributed by atoms with van der Waals surface area (Å²) in [6.07, 6.45) is 5.30. The highest BCUT2D eigenvalue weighted by Gasteiger charge is 2.00. The van der Waals surface area contributed by atoms with Crippen LogP contribution in [0.4, 0.5) is 0 Å². The van der Waals surface area contributed by atoms with Crippen LogP contribution in [0, 0.1) is 11.8 Å². The summed E-state index contributed by atoms with van der Waals surface area (Å²) in [5.74, 6) is 1.10. The van der Waals surface area contributed by atoms with Crippen molar-refractivity contribution in [3.8, 4) is 0 Å². The van der Waals surface area contributed by atoms with Crippen LogP contribution >= 0.6 is 0 Å². The van der Waals surface area contributed by atoms with Gasteiger partial charge < -0.3 is 10.2 Å². The lowest BCUT2D eigenvalue weighted by molar-refractivity contribution is 0.253. The molecule has 0 aromatic heterocycles. The van der Waals surface area contributed by atoms with E-state index in [1.165, 1.54) is 6.08 Å². The lowest BCUT2D eigenvalue weighted by Crippen LogP contribution is -1.98. The average molecular weight is 170 g/mol. The molecule has 0 amide bonds. The Morgan fingerprint density at radius 2 is 1.92 bits per heavy atom. The Hall–Kier alpha value is -0.760. The van der Waals surface area contributed by atoms with E-state index < -0.39 is 0 Å². The molecule has 70 valence electrons. The standard InChI is InChI=1S/C10H18O2/c1-8(2)9(3)5-4-6-10(12)7-11/h4-6,8-9,11-12H,7H2,1-3H3/b5-4-,10-6+/t9-/m1/s1. The van der Waals surface area contributed by atoms with Gasteiger partial charge in [0.2, 0.25) is 0 Å². The fourth-order valence-corrected chi connectivity index (χ4v) is 0.617. The zero-order valence-corrected chi connectivity index (χ0v) is 7.99. The van der Waals surface area contributed by atoms with Gasteiger partial charge in [0.1, 0.15) is 12.4 Å². The fraction of sp³-hybridized carbons (Fsp3) is 0.600. The van der Waals surface area contributed by atoms with Crippen LogP contribution < -0.4 is 0 Å². The first kappa shape index (κ1) is 11.2. The van der Waals surface area contributed by atoms with Gasteiger partial charge in [-0.1, -0.05) is 32.9 Å². The predicted molar refractivity (Wildman–Crippen MR) is 50.9 cm³/mol. The second-order valence-electron chi connectivity index (χ2n) is 3.30. The Morgan fingerprint density at radius 1 is 1.33 bits per heavy atom. The lowest BCUT2D eigenvalue weighted by Gasteiger charge is -2.08. The zero-order valence-electron chi connectivity index (χ0n) is 7.99. The van der Waals surface area contributed by atoms with Gasteiger partial charge in [0.25, 0.3) is 0 Å². The molecular formula is C10H18O2. The third kappa shape index (κ3) is 4.97. The normalized spacial score (nSPS) is 15.9. The van der Waals surface area contributed by atoms with Gasteiger partial charge in [-0.05, 0) is 17.9 Å². The molecule has 0 aliphatic carbocycles. The Morgan fingerprint density at radius 3 is 2.33 bits per heavy atom. The molecule has 0 heterocycles. The van der Waals surface area contributed by atoms with Gasteiger partial charge in [-0.25, -0.2) is 0 Å². The molecule has 0 aliphatic heterocycles. The molecule has 0 rings (SSSR count). The molecule has 0 aromatic carbocycles. The van der Waals surface area contributed by atoms with Crippen LogP contribution in [0.3, 0.4) is 0 Å². The minimum Gasteiger partial charge on any atom is -0.510 e. The van der Waals surface area contributed by atoms with Gasteiger partial charge in [-0.3, -0.25) is 0 Å². The van der Waals surface area contributed by atoms with Crippen LogP contribution in [-0.2, 0) is 0 Å². The first-order chi connectivity index (χ1) is 5.57. The number of rotatable bonds is 4. The molecule has 0 saturated carbocycles. The molecule has 0 saturated heterocycles. The van der Waals surface area contributed by atoms with E-state index in [9.17, 15) is 0 Å². The molecule has 0 aromatic rings. The fourth-order valence-electron chi connectivity index (χ4n) is 0.617. The summed E-state index contributed by atoms with van der Waals surface area (Å²) in [4.78, 5) is 0. The molecule has 0 radical (unpaired) electrons. The maximum atomic E-state index is 8.87. The monoisotopic (exact) mass is 170 g/mol. The first-order valence-corrected chi connectivity index (χ1v) is 4.25. The van der Waals surface area contributed by atoms with Crippen LogP contribution in [-0.4, -0.2) is 16.8 Å².